The highest BCUT2D eigenvalue weighted by Gasteiger charge is 2.40. The number of carboxylic acid groups (broad SMARTS) is 1. The van der Waals surface area contributed by atoms with E-state index in [2.05, 4.69) is 42.2 Å². The van der Waals surface area contributed by atoms with Crippen LogP contribution < -0.4 is 65.9 Å². The molecule has 8 atom stereocenters. The molecule has 79 heavy (non-hydrogen) atoms. The van der Waals surface area contributed by atoms with Gasteiger partial charge < -0.3 is 75.9 Å². The number of nitrogens with one attached hydrogen (secondary N) is 7. The molecule has 0 saturated carbocycles. The third-order valence-corrected chi connectivity index (χ3v) is 13.0. The average molecular weight is 1110 g/mol. The van der Waals surface area contributed by atoms with Gasteiger partial charge in [-0.1, -0.05) is 88.4 Å². The Balaban J connectivity index is 1.80. The summed E-state index contributed by atoms with van der Waals surface area (Å²) >= 11 is 0. The van der Waals surface area contributed by atoms with Gasteiger partial charge in [0.25, 0.3) is 0 Å². The molecule has 9 amide bonds. The van der Waals surface area contributed by atoms with Crippen molar-refractivity contribution in [1.29, 1.82) is 0 Å². The van der Waals surface area contributed by atoms with E-state index in [4.69, 9.17) is 28.7 Å². The lowest BCUT2D eigenvalue weighted by molar-refractivity contribution is -0.142. The SMILES string of the molecule is CC(C)C[C@H](NC(=O)[C@H](Cc1ccccc1)NC(=O)[C@H](CCCCN)NC(=O)[C@H](CCCN=C(N)N)NC(=O)CNC(=O)[C@H](CC(C)C)NC(=O)[C@@H]1CCCN1C(=O)[C@H](Cc1ccccc1)NC(=O)[C@@H](N)CCC(N)=O)C(=O)O. The summed E-state index contributed by atoms with van der Waals surface area (Å²) in [6.45, 7) is 7.13. The van der Waals surface area contributed by atoms with Crippen molar-refractivity contribution in [1.82, 2.24) is 42.1 Å². The number of rotatable bonds is 35. The van der Waals surface area contributed by atoms with Gasteiger partial charge in [-0.3, -0.25) is 48.1 Å². The van der Waals surface area contributed by atoms with Gasteiger partial charge in [0.1, 0.15) is 42.3 Å². The number of aliphatic carboxylic acids is 1. The number of carboxylic acids is 1. The number of hydrogen-bond acceptors (Lipinski definition) is 13. The van der Waals surface area contributed by atoms with Gasteiger partial charge in [0.05, 0.1) is 12.6 Å². The molecule has 25 nitrogen and oxygen atoms in total. The van der Waals surface area contributed by atoms with E-state index in [1.807, 2.05) is 27.7 Å². The molecule has 0 spiro atoms. The van der Waals surface area contributed by atoms with Gasteiger partial charge in [0.15, 0.2) is 5.96 Å². The first-order chi connectivity index (χ1) is 37.5. The van der Waals surface area contributed by atoms with E-state index in [0.29, 0.717) is 24.8 Å². The van der Waals surface area contributed by atoms with Gasteiger partial charge in [-0.15, -0.1) is 0 Å². The molecule has 0 unspecified atom stereocenters. The van der Waals surface area contributed by atoms with E-state index in [9.17, 15) is 53.1 Å². The molecule has 3 rings (SSSR count). The molecule has 1 saturated heterocycles. The molecule has 2 aromatic carbocycles. The molecule has 0 aromatic heterocycles. The fourth-order valence-corrected chi connectivity index (χ4v) is 8.87. The number of hydrogen-bond donors (Lipinski definition) is 13. The summed E-state index contributed by atoms with van der Waals surface area (Å²) in [5.74, 6) is -8.01. The normalized spacial score (nSPS) is 15.7. The van der Waals surface area contributed by atoms with Crippen LogP contribution in [0.5, 0.6) is 0 Å². The second kappa shape index (κ2) is 34.3. The van der Waals surface area contributed by atoms with Crippen molar-refractivity contribution >= 4 is 65.1 Å². The Hall–Kier alpha value is -7.67. The van der Waals surface area contributed by atoms with Crippen LogP contribution >= 0.6 is 0 Å². The highest BCUT2D eigenvalue weighted by molar-refractivity contribution is 5.98. The number of benzene rings is 2. The zero-order chi connectivity index (χ0) is 58.6. The number of nitrogens with zero attached hydrogens (tertiary/aromatic N) is 2. The molecule has 25 heteroatoms. The Morgan fingerprint density at radius 1 is 0.620 bits per heavy atom. The van der Waals surface area contributed by atoms with E-state index in [-0.39, 0.29) is 102 Å². The molecular weight excluding hydrogens is 1020 g/mol. The van der Waals surface area contributed by atoms with Gasteiger partial charge in [-0.2, -0.15) is 0 Å². The van der Waals surface area contributed by atoms with Crippen LogP contribution in [-0.2, 0) is 60.8 Å². The summed E-state index contributed by atoms with van der Waals surface area (Å²) in [6.07, 6.45) is 1.87. The quantitative estimate of drug-likeness (QED) is 0.0211. The van der Waals surface area contributed by atoms with Gasteiger partial charge in [0, 0.05) is 32.4 Å². The van der Waals surface area contributed by atoms with Crippen molar-refractivity contribution in [2.75, 3.05) is 26.2 Å². The Morgan fingerprint density at radius 3 is 1.70 bits per heavy atom. The average Bonchev–Trinajstić information content (AvgIpc) is 3.92. The smallest absolute Gasteiger partial charge is 0.326 e. The molecule has 0 radical (unpaired) electrons. The maximum Gasteiger partial charge on any atom is 0.326 e. The zero-order valence-corrected chi connectivity index (χ0v) is 45.9. The number of carbonyl (C=O) groups excluding carboxylic acids is 9. The third-order valence-electron chi connectivity index (χ3n) is 13.0. The van der Waals surface area contributed by atoms with Crippen molar-refractivity contribution in [2.45, 2.75) is 160 Å². The van der Waals surface area contributed by atoms with Gasteiger partial charge in [-0.05, 0) is 93.7 Å². The van der Waals surface area contributed by atoms with E-state index < -0.39 is 114 Å². The number of guanidine groups is 1. The number of aliphatic imine (C=N–C) groups is 1. The monoisotopic (exact) mass is 1100 g/mol. The maximum atomic E-state index is 14.3. The van der Waals surface area contributed by atoms with Crippen LogP contribution in [0.4, 0.5) is 0 Å². The Bertz CT molecular complexity index is 2370. The first kappa shape index (κ1) is 65.6. The fourth-order valence-electron chi connectivity index (χ4n) is 8.87. The highest BCUT2D eigenvalue weighted by atomic mass is 16.4. The molecule has 1 aliphatic heterocycles. The van der Waals surface area contributed by atoms with Crippen LogP contribution in [0, 0.1) is 11.8 Å². The minimum absolute atomic E-state index is 0.0133. The van der Waals surface area contributed by atoms with E-state index in [0.717, 1.165) is 5.56 Å². The number of amides is 9. The summed E-state index contributed by atoms with van der Waals surface area (Å²) in [6, 6.07) is 8.11. The number of carbonyl (C=O) groups is 10. The molecule has 436 valence electrons. The minimum atomic E-state index is -1.31. The maximum absolute atomic E-state index is 14.3. The van der Waals surface area contributed by atoms with E-state index in [1.165, 1.54) is 4.90 Å². The third kappa shape index (κ3) is 24.3. The first-order valence-corrected chi connectivity index (χ1v) is 27.0. The van der Waals surface area contributed by atoms with Crippen LogP contribution in [0.15, 0.2) is 65.7 Å². The van der Waals surface area contributed by atoms with Crippen LogP contribution in [0.3, 0.4) is 0 Å². The van der Waals surface area contributed by atoms with Crippen molar-refractivity contribution < 1.29 is 53.1 Å². The number of primary amides is 1. The van der Waals surface area contributed by atoms with Crippen LogP contribution in [0.2, 0.25) is 0 Å². The largest absolute Gasteiger partial charge is 0.480 e. The predicted molar refractivity (Wildman–Crippen MR) is 295 cm³/mol. The molecule has 18 N–H and O–H groups in total. The fraction of sp³-hybridized carbons (Fsp3) is 0.574. The number of nitrogens with two attached hydrogens (primary N) is 5. The van der Waals surface area contributed by atoms with Gasteiger partial charge >= 0.3 is 5.97 Å². The molecule has 1 heterocycles. The summed E-state index contributed by atoms with van der Waals surface area (Å²) in [7, 11) is 0. The highest BCUT2D eigenvalue weighted by Crippen LogP contribution is 2.21. The Morgan fingerprint density at radius 2 is 1.14 bits per heavy atom. The molecule has 1 fully saturated rings. The molecule has 2 aromatic rings. The van der Waals surface area contributed by atoms with Crippen molar-refractivity contribution in [3.05, 3.63) is 71.8 Å². The molecule has 0 aliphatic carbocycles. The van der Waals surface area contributed by atoms with Crippen molar-refractivity contribution in [3.8, 4) is 0 Å². The Kier molecular flexibility index (Phi) is 28.5. The molecular formula is C54H84N14O11. The number of likely N-dealkylation sites (tertiary alicyclic amines) is 1. The molecule has 1 aliphatic rings. The van der Waals surface area contributed by atoms with Crippen LogP contribution in [0.25, 0.3) is 0 Å². The molecule has 0 bridgehead atoms. The lowest BCUT2D eigenvalue weighted by Crippen LogP contribution is -2.59. The number of unbranched alkanes of at least 4 members (excludes halogenated alkanes) is 1. The summed E-state index contributed by atoms with van der Waals surface area (Å²) in [5, 5.41) is 28.5. The van der Waals surface area contributed by atoms with Crippen molar-refractivity contribution in [3.63, 3.8) is 0 Å². The second-order valence-electron chi connectivity index (χ2n) is 20.7. The van der Waals surface area contributed by atoms with E-state index >= 15 is 0 Å². The summed E-state index contributed by atoms with van der Waals surface area (Å²) in [4.78, 5) is 140. The van der Waals surface area contributed by atoms with Gasteiger partial charge in [0.2, 0.25) is 53.2 Å². The second-order valence-corrected chi connectivity index (χ2v) is 20.7. The standard InChI is InChI=1S/C54H84N14O11/c1-32(2)27-39(65-51(76)43-21-14-26-68(43)52(77)41(30-35-17-9-6-10-18-35)66-46(71)36(56)22-23-44(57)69)47(72)61-31-45(70)62-37(20-13-25-60-54(58)59)48(73)63-38(19-11-12-24-55)49(74)64-40(29-34-15-7-5-8-16-34)50(75)67-42(53(78)79)28-33(3)4/h5-10,15-18,32-33,36-43H,11-14,19-31,55-56H2,1-4H3,(H2,57,69)(H,61,72)(H,62,70)(H,63,73)(H,64,74)(H,65,76)(H,66,71)(H,67,75)(H,78,79)(H4,58,59,60)/t36-,37-,38-,39-,40-,41-,42-,43-/m0/s1. The lowest BCUT2D eigenvalue weighted by atomic mass is 10.0. The van der Waals surface area contributed by atoms with Crippen LogP contribution in [0.1, 0.15) is 109 Å². The van der Waals surface area contributed by atoms with Gasteiger partial charge in [-0.25, -0.2) is 4.79 Å². The predicted octanol–water partition coefficient (Wildman–Crippen LogP) is -1.56. The van der Waals surface area contributed by atoms with Crippen LogP contribution in [-0.4, -0.2) is 150 Å². The first-order valence-electron chi connectivity index (χ1n) is 27.0. The van der Waals surface area contributed by atoms with E-state index in [1.54, 1.807) is 60.7 Å². The summed E-state index contributed by atoms with van der Waals surface area (Å²) in [5.41, 5.74) is 29.5. The zero-order valence-electron chi connectivity index (χ0n) is 45.9. The topological polar surface area (TPSA) is 421 Å². The van der Waals surface area contributed by atoms with Crippen molar-refractivity contribution in [2.24, 2.45) is 45.5 Å². The lowest BCUT2D eigenvalue weighted by Gasteiger charge is -2.30. The Labute approximate surface area is 461 Å². The minimum Gasteiger partial charge on any atom is -0.480 e. The summed E-state index contributed by atoms with van der Waals surface area (Å²) < 4.78 is 0.